The van der Waals surface area contributed by atoms with Gasteiger partial charge in [0.05, 0.1) is 12.7 Å². The van der Waals surface area contributed by atoms with Crippen LogP contribution in [0.3, 0.4) is 0 Å². The number of carbonyl (C=O) groups is 2. The Balaban J connectivity index is 2.50. The molecule has 6 nitrogen and oxygen atoms in total. The SMILES string of the molecule is COC(=O)[C@@](NC(=O)c1ccccc1F)(Nc1ccc(C)cn1)C(F)(F)F. The fraction of sp³-hybridized carbons (Fsp3) is 0.235. The van der Waals surface area contributed by atoms with Crippen LogP contribution in [0.5, 0.6) is 0 Å². The number of ether oxygens (including phenoxy) is 1. The molecule has 0 bridgehead atoms. The molecule has 1 atom stereocenters. The number of aryl methyl sites for hydroxylation is 1. The molecule has 0 saturated heterocycles. The van der Waals surface area contributed by atoms with Gasteiger partial charge in [0, 0.05) is 6.20 Å². The standard InChI is InChI=1S/C17H15F4N3O3/c1-10-7-8-13(22-9-10)23-16(15(26)27-2,17(19,20)21)24-14(25)11-5-3-4-6-12(11)18/h3-9H,1-2H3,(H,22,23)(H,24,25)/t16-/m0/s1. The third-order valence-electron chi connectivity index (χ3n) is 3.56. The molecule has 10 heteroatoms. The number of nitrogens with zero attached hydrogens (tertiary/aromatic N) is 1. The number of amides is 1. The number of rotatable bonds is 5. The van der Waals surface area contributed by atoms with Crippen LogP contribution in [0.4, 0.5) is 23.4 Å². The zero-order valence-electron chi connectivity index (χ0n) is 14.2. The smallest absolute Gasteiger partial charge is 0.441 e. The zero-order valence-corrected chi connectivity index (χ0v) is 14.2. The van der Waals surface area contributed by atoms with Crippen LogP contribution in [0.15, 0.2) is 42.6 Å². The average Bonchev–Trinajstić information content (AvgIpc) is 2.61. The zero-order chi connectivity index (χ0) is 20.2. The molecule has 0 radical (unpaired) electrons. The summed E-state index contributed by atoms with van der Waals surface area (Å²) in [6, 6.07) is 7.04. The number of carbonyl (C=O) groups excluding carboxylic acids is 2. The maximum Gasteiger partial charge on any atom is 0.441 e. The van der Waals surface area contributed by atoms with Crippen LogP contribution in [0, 0.1) is 12.7 Å². The second kappa shape index (κ2) is 7.60. The molecule has 0 spiro atoms. The summed E-state index contributed by atoms with van der Waals surface area (Å²) in [6.07, 6.45) is -4.08. The molecular weight excluding hydrogens is 370 g/mol. The molecule has 1 amide bonds. The van der Waals surface area contributed by atoms with Gasteiger partial charge in [-0.2, -0.15) is 13.2 Å². The van der Waals surface area contributed by atoms with Crippen LogP contribution in [0.25, 0.3) is 0 Å². The first-order valence-corrected chi connectivity index (χ1v) is 7.54. The minimum absolute atomic E-state index is 0.350. The van der Waals surface area contributed by atoms with Crippen LogP contribution in [0.2, 0.25) is 0 Å². The number of halogens is 4. The van der Waals surface area contributed by atoms with E-state index in [9.17, 15) is 27.2 Å². The number of anilines is 1. The number of benzene rings is 1. The topological polar surface area (TPSA) is 80.3 Å². The maximum atomic E-state index is 13.9. The summed E-state index contributed by atoms with van der Waals surface area (Å²) in [5, 5.41) is 3.38. The van der Waals surface area contributed by atoms with Crippen molar-refractivity contribution in [3.63, 3.8) is 0 Å². The molecule has 2 aromatic rings. The predicted octanol–water partition coefficient (Wildman–Crippen LogP) is 2.80. The largest absolute Gasteiger partial charge is 0.466 e. The van der Waals surface area contributed by atoms with Crippen molar-refractivity contribution in [2.45, 2.75) is 18.8 Å². The summed E-state index contributed by atoms with van der Waals surface area (Å²) >= 11 is 0. The van der Waals surface area contributed by atoms with E-state index in [1.807, 2.05) is 5.32 Å². The highest BCUT2D eigenvalue weighted by atomic mass is 19.4. The summed E-state index contributed by atoms with van der Waals surface area (Å²) in [4.78, 5) is 28.1. The van der Waals surface area contributed by atoms with Crippen molar-refractivity contribution in [2.24, 2.45) is 0 Å². The third-order valence-corrected chi connectivity index (χ3v) is 3.56. The normalized spacial score (nSPS) is 13.4. The van der Waals surface area contributed by atoms with E-state index in [1.165, 1.54) is 35.8 Å². The van der Waals surface area contributed by atoms with Gasteiger partial charge >= 0.3 is 17.8 Å². The summed E-state index contributed by atoms with van der Waals surface area (Å²) in [5.74, 6) is -4.71. The Labute approximate surface area is 151 Å². The fourth-order valence-electron chi connectivity index (χ4n) is 2.16. The Hall–Kier alpha value is -3.17. The van der Waals surface area contributed by atoms with E-state index < -0.39 is 35.1 Å². The van der Waals surface area contributed by atoms with Crippen molar-refractivity contribution in [3.05, 3.63) is 59.5 Å². The summed E-state index contributed by atoms with van der Waals surface area (Å²) < 4.78 is 59.6. The van der Waals surface area contributed by atoms with Gasteiger partial charge < -0.3 is 15.4 Å². The minimum atomic E-state index is -5.34. The molecule has 0 aliphatic rings. The van der Waals surface area contributed by atoms with Gasteiger partial charge in [-0.1, -0.05) is 18.2 Å². The van der Waals surface area contributed by atoms with Crippen molar-refractivity contribution in [1.82, 2.24) is 10.3 Å². The Bertz CT molecular complexity index is 840. The lowest BCUT2D eigenvalue weighted by Crippen LogP contribution is -2.69. The summed E-state index contributed by atoms with van der Waals surface area (Å²) in [6.45, 7) is 1.66. The number of alkyl halides is 3. The van der Waals surface area contributed by atoms with Gasteiger partial charge in [0.25, 0.3) is 5.91 Å². The Morgan fingerprint density at radius 3 is 2.30 bits per heavy atom. The van der Waals surface area contributed by atoms with Crippen LogP contribution in [0.1, 0.15) is 15.9 Å². The molecule has 27 heavy (non-hydrogen) atoms. The van der Waals surface area contributed by atoms with E-state index in [1.54, 1.807) is 6.92 Å². The van der Waals surface area contributed by atoms with Gasteiger partial charge in [0.2, 0.25) is 0 Å². The number of hydrogen-bond acceptors (Lipinski definition) is 5. The van der Waals surface area contributed by atoms with E-state index >= 15 is 0 Å². The van der Waals surface area contributed by atoms with Crippen LogP contribution in [-0.4, -0.2) is 35.8 Å². The molecule has 1 heterocycles. The van der Waals surface area contributed by atoms with Gasteiger partial charge in [-0.3, -0.25) is 4.79 Å². The summed E-state index contributed by atoms with van der Waals surface area (Å²) in [7, 11) is 0.725. The van der Waals surface area contributed by atoms with E-state index in [0.717, 1.165) is 19.2 Å². The molecule has 1 aromatic heterocycles. The van der Waals surface area contributed by atoms with Crippen molar-refractivity contribution in [3.8, 4) is 0 Å². The molecule has 0 aliphatic carbocycles. The number of hydrogen-bond donors (Lipinski definition) is 2. The fourth-order valence-corrected chi connectivity index (χ4v) is 2.16. The molecule has 0 unspecified atom stereocenters. The first-order valence-electron chi connectivity index (χ1n) is 7.54. The minimum Gasteiger partial charge on any atom is -0.466 e. The molecule has 0 fully saturated rings. The number of nitrogens with one attached hydrogen (secondary N) is 2. The lowest BCUT2D eigenvalue weighted by molar-refractivity contribution is -0.203. The van der Waals surface area contributed by atoms with Crippen LogP contribution < -0.4 is 10.6 Å². The molecule has 144 valence electrons. The predicted molar refractivity (Wildman–Crippen MR) is 87.3 cm³/mol. The second-order valence-corrected chi connectivity index (χ2v) is 5.52. The highest BCUT2D eigenvalue weighted by Crippen LogP contribution is 2.33. The maximum absolute atomic E-state index is 13.9. The van der Waals surface area contributed by atoms with E-state index in [0.29, 0.717) is 5.56 Å². The quantitative estimate of drug-likeness (QED) is 0.470. The molecule has 1 aromatic carbocycles. The monoisotopic (exact) mass is 385 g/mol. The summed E-state index contributed by atoms with van der Waals surface area (Å²) in [5.41, 5.74) is -3.69. The second-order valence-electron chi connectivity index (χ2n) is 5.52. The van der Waals surface area contributed by atoms with Crippen molar-refractivity contribution in [1.29, 1.82) is 0 Å². The van der Waals surface area contributed by atoms with Crippen molar-refractivity contribution >= 4 is 17.7 Å². The molecule has 0 saturated carbocycles. The number of methoxy groups -OCH3 is 1. The van der Waals surface area contributed by atoms with Crippen molar-refractivity contribution < 1.29 is 31.9 Å². The van der Waals surface area contributed by atoms with Gasteiger partial charge in [-0.15, -0.1) is 0 Å². The lowest BCUT2D eigenvalue weighted by atomic mass is 10.1. The highest BCUT2D eigenvalue weighted by Gasteiger charge is 2.63. The molecular formula is C17H15F4N3O3. The van der Waals surface area contributed by atoms with Gasteiger partial charge in [0.1, 0.15) is 11.6 Å². The molecule has 0 aliphatic heterocycles. The van der Waals surface area contributed by atoms with Gasteiger partial charge in [-0.05, 0) is 30.7 Å². The first-order chi connectivity index (χ1) is 12.6. The number of aromatic nitrogens is 1. The first kappa shape index (κ1) is 20.1. The third kappa shape index (κ3) is 4.15. The Morgan fingerprint density at radius 2 is 1.78 bits per heavy atom. The Morgan fingerprint density at radius 1 is 1.11 bits per heavy atom. The van der Waals surface area contributed by atoms with E-state index in [-0.39, 0.29) is 5.82 Å². The van der Waals surface area contributed by atoms with Gasteiger partial charge in [0.15, 0.2) is 0 Å². The Kier molecular flexibility index (Phi) is 5.67. The number of pyridine rings is 1. The molecule has 2 N–H and O–H groups in total. The highest BCUT2D eigenvalue weighted by molar-refractivity contribution is 5.99. The van der Waals surface area contributed by atoms with Crippen molar-refractivity contribution in [2.75, 3.05) is 12.4 Å². The van der Waals surface area contributed by atoms with E-state index in [2.05, 4.69) is 9.72 Å². The van der Waals surface area contributed by atoms with Gasteiger partial charge in [-0.25, -0.2) is 14.2 Å². The number of esters is 1. The molecule has 2 rings (SSSR count). The lowest BCUT2D eigenvalue weighted by Gasteiger charge is -2.34. The van der Waals surface area contributed by atoms with Crippen LogP contribution in [-0.2, 0) is 9.53 Å². The average molecular weight is 385 g/mol. The van der Waals surface area contributed by atoms with E-state index in [4.69, 9.17) is 0 Å². The van der Waals surface area contributed by atoms with Crippen LogP contribution >= 0.6 is 0 Å².